The third kappa shape index (κ3) is 6.25. The normalized spacial score (nSPS) is 12.1. The number of ether oxygens (including phenoxy) is 2. The summed E-state index contributed by atoms with van der Waals surface area (Å²) < 4.78 is 73.2. The molecule has 0 aliphatic rings. The van der Waals surface area contributed by atoms with Gasteiger partial charge in [0.15, 0.2) is 5.78 Å². The summed E-state index contributed by atoms with van der Waals surface area (Å²) in [7, 11) is -1.32. The molecule has 6 nitrogen and oxygen atoms in total. The van der Waals surface area contributed by atoms with Crippen molar-refractivity contribution in [3.63, 3.8) is 0 Å². The molecule has 0 spiro atoms. The maximum atomic E-state index is 12.6. The highest BCUT2D eigenvalue weighted by molar-refractivity contribution is 7.89. The van der Waals surface area contributed by atoms with Crippen LogP contribution in [-0.4, -0.2) is 41.1 Å². The van der Waals surface area contributed by atoms with E-state index in [9.17, 15) is 26.4 Å². The van der Waals surface area contributed by atoms with Crippen molar-refractivity contribution in [3.05, 3.63) is 71.1 Å². The number of methoxy groups -OCH3 is 2. The number of hydrogen-bond acceptors (Lipinski definition) is 6. The largest absolute Gasteiger partial charge is 0.496 e. The van der Waals surface area contributed by atoms with E-state index in [-0.39, 0.29) is 10.5 Å². The van der Waals surface area contributed by atoms with Gasteiger partial charge in [0, 0.05) is 27.6 Å². The molecule has 0 unspecified atom stereocenters. The van der Waals surface area contributed by atoms with Crippen molar-refractivity contribution in [1.82, 2.24) is 4.72 Å². The summed E-state index contributed by atoms with van der Waals surface area (Å²) in [5.74, 6) is 0.667. The smallest absolute Gasteiger partial charge is 0.402 e. The Labute approximate surface area is 198 Å². The van der Waals surface area contributed by atoms with E-state index in [2.05, 4.69) is 0 Å². The molecule has 0 atom stereocenters. The maximum Gasteiger partial charge on any atom is 0.402 e. The fourth-order valence-electron chi connectivity index (χ4n) is 3.00. The second-order valence-corrected chi connectivity index (χ2v) is 9.65. The van der Waals surface area contributed by atoms with Crippen LogP contribution in [-0.2, 0) is 10.0 Å². The Bertz CT molecular complexity index is 1280. The molecule has 1 N–H and O–H groups in total. The van der Waals surface area contributed by atoms with Gasteiger partial charge < -0.3 is 9.47 Å². The summed E-state index contributed by atoms with van der Waals surface area (Å²) in [5.41, 5.74) is 1.61. The Kier molecular flexibility index (Phi) is 7.80. The van der Waals surface area contributed by atoms with Crippen molar-refractivity contribution in [2.75, 3.05) is 20.8 Å². The Morgan fingerprint density at radius 2 is 1.74 bits per heavy atom. The zero-order chi connectivity index (χ0) is 24.9. The van der Waals surface area contributed by atoms with Crippen LogP contribution in [0.4, 0.5) is 13.2 Å². The van der Waals surface area contributed by atoms with Gasteiger partial charge in [-0.2, -0.15) is 13.2 Å². The number of carbonyl (C=O) groups excluding carboxylic acids is 1. The zero-order valence-corrected chi connectivity index (χ0v) is 19.7. The van der Waals surface area contributed by atoms with Crippen molar-refractivity contribution < 1.29 is 35.9 Å². The standard InChI is InChI=1S/C23H20F3NO5S2/c1-31-20-13-21(32-2)18(22-4-3-11-33-22)12-16(20)7-10-19(28)15-5-8-17(9-6-15)34(29,30)27-14-23(24,25)26/h3-13,27H,14H2,1-2H3. The first-order chi connectivity index (χ1) is 16.0. The van der Waals surface area contributed by atoms with Crippen LogP contribution >= 0.6 is 11.3 Å². The van der Waals surface area contributed by atoms with Crippen molar-refractivity contribution in [2.45, 2.75) is 11.1 Å². The molecule has 0 aliphatic carbocycles. The van der Waals surface area contributed by atoms with Gasteiger partial charge in [0.05, 0.1) is 19.1 Å². The lowest BCUT2D eigenvalue weighted by molar-refractivity contribution is -0.121. The van der Waals surface area contributed by atoms with Crippen LogP contribution in [0.15, 0.2) is 64.9 Å². The second kappa shape index (κ2) is 10.4. The van der Waals surface area contributed by atoms with Gasteiger partial charge in [-0.1, -0.05) is 6.07 Å². The number of hydrogen-bond donors (Lipinski definition) is 1. The Morgan fingerprint density at radius 3 is 2.29 bits per heavy atom. The summed E-state index contributed by atoms with van der Waals surface area (Å²) in [6.45, 7) is -1.68. The lowest BCUT2D eigenvalue weighted by Crippen LogP contribution is -2.33. The van der Waals surface area contributed by atoms with Gasteiger partial charge in [0.1, 0.15) is 18.0 Å². The monoisotopic (exact) mass is 511 g/mol. The van der Waals surface area contributed by atoms with Gasteiger partial charge in [0.25, 0.3) is 0 Å². The lowest BCUT2D eigenvalue weighted by atomic mass is 10.0. The van der Waals surface area contributed by atoms with E-state index < -0.39 is 28.5 Å². The first kappa shape index (κ1) is 25.5. The quantitative estimate of drug-likeness (QED) is 0.317. The van der Waals surface area contributed by atoms with E-state index >= 15 is 0 Å². The SMILES string of the molecule is COc1cc(OC)c(-c2cccs2)cc1C=CC(=O)c1ccc(S(=O)(=O)NCC(F)(F)F)cc1. The molecule has 0 radical (unpaired) electrons. The van der Waals surface area contributed by atoms with Gasteiger partial charge in [-0.25, -0.2) is 13.1 Å². The molecule has 34 heavy (non-hydrogen) atoms. The number of halogens is 3. The summed E-state index contributed by atoms with van der Waals surface area (Å²) in [5, 5.41) is 1.93. The molecule has 11 heteroatoms. The van der Waals surface area contributed by atoms with Crippen molar-refractivity contribution in [3.8, 4) is 21.9 Å². The third-order valence-corrected chi connectivity index (χ3v) is 6.98. The van der Waals surface area contributed by atoms with Crippen LogP contribution in [0.2, 0.25) is 0 Å². The third-order valence-electron chi connectivity index (χ3n) is 4.66. The van der Waals surface area contributed by atoms with Gasteiger partial charge in [-0.3, -0.25) is 4.79 Å². The molecule has 180 valence electrons. The van der Waals surface area contributed by atoms with Crippen LogP contribution in [0.1, 0.15) is 15.9 Å². The fraction of sp³-hybridized carbons (Fsp3) is 0.174. The molecule has 0 amide bonds. The number of thiophene rings is 1. The van der Waals surface area contributed by atoms with E-state index in [1.807, 2.05) is 23.6 Å². The summed E-state index contributed by atoms with van der Waals surface area (Å²) in [6, 6.07) is 12.0. The molecule has 0 saturated carbocycles. The molecule has 0 saturated heterocycles. The molecule has 0 aliphatic heterocycles. The first-order valence-corrected chi connectivity index (χ1v) is 12.1. The van der Waals surface area contributed by atoms with E-state index in [0.717, 1.165) is 22.6 Å². The number of benzene rings is 2. The summed E-state index contributed by atoms with van der Waals surface area (Å²) in [4.78, 5) is 13.2. The fourth-order valence-corrected chi connectivity index (χ4v) is 4.76. The van der Waals surface area contributed by atoms with Gasteiger partial charge in [-0.05, 0) is 53.9 Å². The molecule has 0 fully saturated rings. The highest BCUT2D eigenvalue weighted by Gasteiger charge is 2.30. The molecule has 1 aromatic heterocycles. The number of sulfonamides is 1. The van der Waals surface area contributed by atoms with Crippen LogP contribution in [0.3, 0.4) is 0 Å². The van der Waals surface area contributed by atoms with E-state index in [0.29, 0.717) is 17.1 Å². The Morgan fingerprint density at radius 1 is 1.06 bits per heavy atom. The topological polar surface area (TPSA) is 81.7 Å². The molecule has 1 heterocycles. The van der Waals surface area contributed by atoms with Gasteiger partial charge >= 0.3 is 6.18 Å². The second-order valence-electron chi connectivity index (χ2n) is 6.93. The molecule has 3 aromatic rings. The Hall–Kier alpha value is -3.15. The number of alkyl halides is 3. The highest BCUT2D eigenvalue weighted by Crippen LogP contribution is 2.38. The molecule has 2 aromatic carbocycles. The van der Waals surface area contributed by atoms with Gasteiger partial charge in [-0.15, -0.1) is 11.3 Å². The zero-order valence-electron chi connectivity index (χ0n) is 18.0. The molecule has 3 rings (SSSR count). The molecular weight excluding hydrogens is 491 g/mol. The number of ketones is 1. The first-order valence-electron chi connectivity index (χ1n) is 9.73. The molecular formula is C23H20F3NO5S2. The summed E-state index contributed by atoms with van der Waals surface area (Å²) in [6.07, 6.45) is -1.82. The minimum Gasteiger partial charge on any atom is -0.496 e. The summed E-state index contributed by atoms with van der Waals surface area (Å²) >= 11 is 1.53. The van der Waals surface area contributed by atoms with Crippen molar-refractivity contribution in [2.24, 2.45) is 0 Å². The van der Waals surface area contributed by atoms with Crippen LogP contribution < -0.4 is 14.2 Å². The van der Waals surface area contributed by atoms with Gasteiger partial charge in [0.2, 0.25) is 10.0 Å². The van der Waals surface area contributed by atoms with Crippen LogP contribution in [0.25, 0.3) is 16.5 Å². The van der Waals surface area contributed by atoms with E-state index in [4.69, 9.17) is 9.47 Å². The number of rotatable bonds is 9. The lowest BCUT2D eigenvalue weighted by Gasteiger charge is -2.12. The minimum absolute atomic E-state index is 0.164. The van der Waals surface area contributed by atoms with E-state index in [1.165, 1.54) is 41.4 Å². The van der Waals surface area contributed by atoms with Crippen LogP contribution in [0.5, 0.6) is 11.5 Å². The molecule has 0 bridgehead atoms. The Balaban J connectivity index is 1.82. The van der Waals surface area contributed by atoms with Crippen molar-refractivity contribution >= 4 is 33.2 Å². The average molecular weight is 512 g/mol. The van der Waals surface area contributed by atoms with Crippen LogP contribution in [0, 0.1) is 0 Å². The average Bonchev–Trinajstić information content (AvgIpc) is 3.35. The highest BCUT2D eigenvalue weighted by atomic mass is 32.2. The number of allylic oxidation sites excluding steroid dienone is 1. The maximum absolute atomic E-state index is 12.6. The minimum atomic E-state index is -4.68. The predicted molar refractivity (Wildman–Crippen MR) is 124 cm³/mol. The number of nitrogens with one attached hydrogen (secondary N) is 1. The van der Waals surface area contributed by atoms with Crippen molar-refractivity contribution in [1.29, 1.82) is 0 Å². The van der Waals surface area contributed by atoms with E-state index in [1.54, 1.807) is 19.3 Å². The predicted octanol–water partition coefficient (Wildman–Crippen LogP) is 5.17. The number of carbonyl (C=O) groups is 1.